The van der Waals surface area contributed by atoms with Gasteiger partial charge in [-0.2, -0.15) is 0 Å². The van der Waals surface area contributed by atoms with Crippen molar-refractivity contribution in [1.29, 1.82) is 0 Å². The van der Waals surface area contributed by atoms with Gasteiger partial charge in [0.1, 0.15) is 12.4 Å². The first-order valence-electron chi connectivity index (χ1n) is 8.57. The highest BCUT2D eigenvalue weighted by Gasteiger charge is 2.11. The number of aliphatic imine (C=N–C) groups is 1. The van der Waals surface area contributed by atoms with Crippen LogP contribution >= 0.6 is 24.0 Å². The van der Waals surface area contributed by atoms with E-state index in [4.69, 9.17) is 4.74 Å². The summed E-state index contributed by atoms with van der Waals surface area (Å²) >= 11 is 0. The molecule has 26 heavy (non-hydrogen) atoms. The third-order valence-corrected chi connectivity index (χ3v) is 4.04. The van der Waals surface area contributed by atoms with Crippen LogP contribution in [0.15, 0.2) is 65.8 Å². The molecule has 0 radical (unpaired) electrons. The lowest BCUT2D eigenvalue weighted by Gasteiger charge is -2.17. The van der Waals surface area contributed by atoms with Crippen molar-refractivity contribution in [3.05, 3.63) is 72.1 Å². The maximum atomic E-state index is 5.83. The normalized spacial score (nSPS) is 14.0. The van der Waals surface area contributed by atoms with Crippen molar-refractivity contribution in [2.24, 2.45) is 4.99 Å². The number of hydrogen-bond donors (Lipinski definition) is 2. The topological polar surface area (TPSA) is 58.5 Å². The van der Waals surface area contributed by atoms with E-state index in [2.05, 4.69) is 38.8 Å². The fraction of sp³-hybridized carbons (Fsp3) is 0.300. The van der Waals surface area contributed by atoms with E-state index in [0.717, 1.165) is 35.8 Å². The van der Waals surface area contributed by atoms with Crippen molar-refractivity contribution in [3.63, 3.8) is 0 Å². The summed E-state index contributed by atoms with van der Waals surface area (Å²) in [6.45, 7) is 1.16. The van der Waals surface area contributed by atoms with Crippen molar-refractivity contribution >= 4 is 29.9 Å². The first kappa shape index (κ1) is 20.2. The lowest BCUT2D eigenvalue weighted by Crippen LogP contribution is -2.42. The lowest BCUT2D eigenvalue weighted by atomic mass is 10.2. The van der Waals surface area contributed by atoms with Crippen LogP contribution in [0.1, 0.15) is 24.1 Å². The molecule has 6 heteroatoms. The number of hydrogen-bond acceptors (Lipinski definition) is 3. The van der Waals surface area contributed by atoms with Crippen molar-refractivity contribution in [3.8, 4) is 5.75 Å². The average molecular weight is 464 g/mol. The first-order valence-corrected chi connectivity index (χ1v) is 8.57. The molecule has 0 unspecified atom stereocenters. The van der Waals surface area contributed by atoms with Crippen LogP contribution in [0.25, 0.3) is 0 Å². The van der Waals surface area contributed by atoms with Gasteiger partial charge in [-0.1, -0.05) is 30.4 Å². The largest absolute Gasteiger partial charge is 0.487 e. The van der Waals surface area contributed by atoms with Crippen LogP contribution in [0, 0.1) is 0 Å². The molecule has 0 amide bonds. The molecule has 1 aromatic carbocycles. The molecule has 2 aromatic rings. The van der Waals surface area contributed by atoms with Crippen molar-refractivity contribution in [1.82, 2.24) is 15.6 Å². The zero-order chi connectivity index (χ0) is 17.3. The Kier molecular flexibility index (Phi) is 8.40. The molecule has 0 saturated heterocycles. The molecular formula is C20H25IN4O. The van der Waals surface area contributed by atoms with E-state index in [1.54, 1.807) is 13.2 Å². The minimum Gasteiger partial charge on any atom is -0.487 e. The summed E-state index contributed by atoms with van der Waals surface area (Å²) in [6, 6.07) is 14.3. The molecule has 0 atom stereocenters. The number of nitrogens with one attached hydrogen (secondary N) is 2. The highest BCUT2D eigenvalue weighted by Crippen LogP contribution is 2.15. The van der Waals surface area contributed by atoms with Crippen molar-refractivity contribution < 1.29 is 4.74 Å². The van der Waals surface area contributed by atoms with Gasteiger partial charge in [0.2, 0.25) is 0 Å². The predicted octanol–water partition coefficient (Wildman–Crippen LogP) is 3.66. The quantitative estimate of drug-likeness (QED) is 0.297. The highest BCUT2D eigenvalue weighted by atomic mass is 127. The van der Waals surface area contributed by atoms with Gasteiger partial charge in [-0.05, 0) is 42.7 Å². The lowest BCUT2D eigenvalue weighted by molar-refractivity contribution is 0.301. The highest BCUT2D eigenvalue weighted by molar-refractivity contribution is 14.0. The molecule has 1 aliphatic rings. The summed E-state index contributed by atoms with van der Waals surface area (Å²) in [5.74, 6) is 1.67. The van der Waals surface area contributed by atoms with E-state index in [9.17, 15) is 0 Å². The van der Waals surface area contributed by atoms with Gasteiger partial charge in [-0.25, -0.2) is 0 Å². The number of ether oxygens (including phenoxy) is 1. The second kappa shape index (κ2) is 10.8. The number of guanidine groups is 1. The van der Waals surface area contributed by atoms with Gasteiger partial charge in [0.25, 0.3) is 0 Å². The van der Waals surface area contributed by atoms with E-state index >= 15 is 0 Å². The van der Waals surface area contributed by atoms with Gasteiger partial charge < -0.3 is 15.4 Å². The van der Waals surface area contributed by atoms with Gasteiger partial charge in [-0.3, -0.25) is 9.98 Å². The molecule has 0 saturated carbocycles. The van der Waals surface area contributed by atoms with Crippen LogP contribution in [-0.2, 0) is 13.2 Å². The first-order chi connectivity index (χ1) is 12.3. The minimum absolute atomic E-state index is 0. The van der Waals surface area contributed by atoms with Gasteiger partial charge in [0.15, 0.2) is 5.96 Å². The minimum atomic E-state index is 0. The molecule has 0 bridgehead atoms. The molecule has 138 valence electrons. The molecule has 5 nitrogen and oxygen atoms in total. The van der Waals surface area contributed by atoms with Gasteiger partial charge in [0.05, 0.1) is 5.69 Å². The molecule has 0 fully saturated rings. The van der Waals surface area contributed by atoms with Crippen molar-refractivity contribution in [2.45, 2.75) is 32.0 Å². The second-order valence-electron chi connectivity index (χ2n) is 5.97. The number of halogens is 1. The summed E-state index contributed by atoms with van der Waals surface area (Å²) in [6.07, 6.45) is 8.29. The number of aromatic nitrogens is 1. The summed E-state index contributed by atoms with van der Waals surface area (Å²) in [5, 5.41) is 6.79. The molecule has 1 heterocycles. The number of pyridine rings is 1. The maximum Gasteiger partial charge on any atom is 0.191 e. The van der Waals surface area contributed by atoms with Crippen LogP contribution in [0.5, 0.6) is 5.75 Å². The predicted molar refractivity (Wildman–Crippen MR) is 116 cm³/mol. The monoisotopic (exact) mass is 464 g/mol. The smallest absolute Gasteiger partial charge is 0.191 e. The standard InChI is InChI=1S/C20H24N4O.HI/c1-21-20(24-17-8-2-3-9-17)23-14-16-7-6-11-19(13-16)25-15-18-10-4-5-12-22-18;/h2-7,10-13,17H,8-9,14-15H2,1H3,(H2,21,23,24);1H. The Balaban J connectivity index is 0.00000243. The molecule has 1 aliphatic carbocycles. The van der Waals surface area contributed by atoms with Gasteiger partial charge >= 0.3 is 0 Å². The summed E-state index contributed by atoms with van der Waals surface area (Å²) < 4.78 is 5.83. The Hall–Kier alpha value is -2.09. The Morgan fingerprint density at radius 2 is 2.04 bits per heavy atom. The SMILES string of the molecule is CN=C(NCc1cccc(OCc2ccccn2)c1)NC1CC=CC1.I. The van der Waals surface area contributed by atoms with Crippen molar-refractivity contribution in [2.75, 3.05) is 7.05 Å². The summed E-state index contributed by atoms with van der Waals surface area (Å²) in [5.41, 5.74) is 2.06. The summed E-state index contributed by atoms with van der Waals surface area (Å²) in [4.78, 5) is 8.56. The van der Waals surface area contributed by atoms with E-state index in [-0.39, 0.29) is 24.0 Å². The molecule has 2 N–H and O–H groups in total. The maximum absolute atomic E-state index is 5.83. The van der Waals surface area contributed by atoms with Crippen LogP contribution in [0.4, 0.5) is 0 Å². The fourth-order valence-electron chi connectivity index (χ4n) is 2.69. The van der Waals surface area contributed by atoms with E-state index in [1.165, 1.54) is 0 Å². The van der Waals surface area contributed by atoms with Crippen LogP contribution in [0.2, 0.25) is 0 Å². The van der Waals surface area contributed by atoms with Crippen LogP contribution < -0.4 is 15.4 Å². The Morgan fingerprint density at radius 1 is 1.19 bits per heavy atom. The fourth-order valence-corrected chi connectivity index (χ4v) is 2.69. The van der Waals surface area contributed by atoms with Crippen LogP contribution in [0.3, 0.4) is 0 Å². The van der Waals surface area contributed by atoms with Gasteiger partial charge in [0, 0.05) is 25.8 Å². The van der Waals surface area contributed by atoms with E-state index < -0.39 is 0 Å². The number of benzene rings is 1. The third kappa shape index (κ3) is 6.33. The molecule has 0 spiro atoms. The Morgan fingerprint density at radius 3 is 2.77 bits per heavy atom. The second-order valence-corrected chi connectivity index (χ2v) is 5.97. The van der Waals surface area contributed by atoms with Crippen LogP contribution in [-0.4, -0.2) is 24.0 Å². The number of nitrogens with zero attached hydrogens (tertiary/aromatic N) is 2. The molecule has 0 aliphatic heterocycles. The molecule has 3 rings (SSSR count). The Labute approximate surface area is 172 Å². The summed E-state index contributed by atoms with van der Waals surface area (Å²) in [7, 11) is 1.80. The van der Waals surface area contributed by atoms with E-state index in [1.807, 2.05) is 36.4 Å². The third-order valence-electron chi connectivity index (χ3n) is 4.04. The number of rotatable bonds is 6. The molecule has 1 aromatic heterocycles. The molecular weight excluding hydrogens is 439 g/mol. The van der Waals surface area contributed by atoms with Gasteiger partial charge in [-0.15, -0.1) is 24.0 Å². The zero-order valence-corrected chi connectivity index (χ0v) is 17.2. The Bertz CT molecular complexity index is 726. The zero-order valence-electron chi connectivity index (χ0n) is 14.9. The average Bonchev–Trinajstić information content (AvgIpc) is 3.18. The van der Waals surface area contributed by atoms with E-state index in [0.29, 0.717) is 19.2 Å².